The number of hydrogen-bond acceptors (Lipinski definition) is 2. The van der Waals surface area contributed by atoms with Gasteiger partial charge in [0.25, 0.3) is 0 Å². The van der Waals surface area contributed by atoms with Gasteiger partial charge in [-0.2, -0.15) is 0 Å². The Labute approximate surface area is 131 Å². The van der Waals surface area contributed by atoms with Crippen LogP contribution < -0.4 is 10.6 Å². The fourth-order valence-corrected chi connectivity index (χ4v) is 4.11. The van der Waals surface area contributed by atoms with Crippen LogP contribution in [0.1, 0.15) is 36.8 Å². The number of rotatable bonds is 5. The van der Waals surface area contributed by atoms with Crippen LogP contribution in [0.3, 0.4) is 0 Å². The Balaban J connectivity index is 1.27. The quantitative estimate of drug-likeness (QED) is 0.778. The van der Waals surface area contributed by atoms with Gasteiger partial charge in [-0.25, -0.2) is 4.79 Å². The lowest BCUT2D eigenvalue weighted by molar-refractivity contribution is 0.203. The number of carbonyl (C=O) groups is 1. The van der Waals surface area contributed by atoms with E-state index in [0.29, 0.717) is 17.9 Å². The Hall–Kier alpha value is -1.55. The third-order valence-electron chi connectivity index (χ3n) is 6.05. The largest absolute Gasteiger partial charge is 0.396 e. The van der Waals surface area contributed by atoms with Crippen LogP contribution in [-0.2, 0) is 11.8 Å². The van der Waals surface area contributed by atoms with E-state index < -0.39 is 0 Å². The molecule has 2 fully saturated rings. The summed E-state index contributed by atoms with van der Waals surface area (Å²) in [7, 11) is 0. The third kappa shape index (κ3) is 2.30. The van der Waals surface area contributed by atoms with Crippen LogP contribution in [-0.4, -0.2) is 30.8 Å². The average molecular weight is 300 g/mol. The van der Waals surface area contributed by atoms with Gasteiger partial charge < -0.3 is 15.7 Å². The number of aliphatic hydroxyl groups excluding tert-OH is 1. The van der Waals surface area contributed by atoms with E-state index >= 15 is 0 Å². The molecule has 118 valence electrons. The molecule has 1 aromatic rings. The minimum absolute atomic E-state index is 0.0253. The van der Waals surface area contributed by atoms with E-state index in [9.17, 15) is 9.90 Å². The molecule has 22 heavy (non-hydrogen) atoms. The van der Waals surface area contributed by atoms with Crippen LogP contribution in [0.5, 0.6) is 0 Å². The maximum atomic E-state index is 11.9. The van der Waals surface area contributed by atoms with Crippen LogP contribution in [0.25, 0.3) is 0 Å². The second-order valence-electron chi connectivity index (χ2n) is 7.44. The predicted molar refractivity (Wildman–Crippen MR) is 84.7 cm³/mol. The number of aryl methyl sites for hydroxylation is 1. The summed E-state index contributed by atoms with van der Waals surface area (Å²) in [6.07, 6.45) is 5.65. The number of carbonyl (C=O) groups excluding carboxylic acids is 1. The Morgan fingerprint density at radius 3 is 2.82 bits per heavy atom. The van der Waals surface area contributed by atoms with Gasteiger partial charge in [0, 0.05) is 23.9 Å². The summed E-state index contributed by atoms with van der Waals surface area (Å²) in [4.78, 5) is 11.9. The molecule has 0 aliphatic heterocycles. The SMILES string of the molecule is O=C(NC[C@H]1C[C@@]12CCc1ccccc12)NCC1(CO)CC1. The minimum atomic E-state index is -0.0898. The van der Waals surface area contributed by atoms with Gasteiger partial charge in [-0.1, -0.05) is 24.3 Å². The number of hydrogen-bond donors (Lipinski definition) is 3. The molecule has 2 saturated carbocycles. The minimum Gasteiger partial charge on any atom is -0.396 e. The lowest BCUT2D eigenvalue weighted by Gasteiger charge is -2.15. The molecule has 0 radical (unpaired) electrons. The van der Waals surface area contributed by atoms with Crippen molar-refractivity contribution in [2.45, 2.75) is 37.5 Å². The zero-order chi connectivity index (χ0) is 15.2. The van der Waals surface area contributed by atoms with Crippen molar-refractivity contribution in [1.82, 2.24) is 10.6 Å². The molecule has 3 aliphatic carbocycles. The molecule has 2 amide bonds. The van der Waals surface area contributed by atoms with E-state index in [0.717, 1.165) is 19.4 Å². The van der Waals surface area contributed by atoms with E-state index in [1.807, 2.05) is 0 Å². The van der Waals surface area contributed by atoms with Crippen LogP contribution in [0.4, 0.5) is 4.79 Å². The maximum Gasteiger partial charge on any atom is 0.314 e. The van der Waals surface area contributed by atoms with E-state index in [4.69, 9.17) is 0 Å². The second-order valence-corrected chi connectivity index (χ2v) is 7.44. The third-order valence-corrected chi connectivity index (χ3v) is 6.05. The first-order valence-electron chi connectivity index (χ1n) is 8.38. The Morgan fingerprint density at radius 2 is 2.05 bits per heavy atom. The smallest absolute Gasteiger partial charge is 0.314 e. The summed E-state index contributed by atoms with van der Waals surface area (Å²) >= 11 is 0. The van der Waals surface area contributed by atoms with Gasteiger partial charge in [-0.15, -0.1) is 0 Å². The molecular weight excluding hydrogens is 276 g/mol. The van der Waals surface area contributed by atoms with Gasteiger partial charge in [0.1, 0.15) is 0 Å². The van der Waals surface area contributed by atoms with E-state index in [-0.39, 0.29) is 18.1 Å². The number of aliphatic hydroxyl groups is 1. The van der Waals surface area contributed by atoms with Crippen LogP contribution >= 0.6 is 0 Å². The highest BCUT2D eigenvalue weighted by molar-refractivity contribution is 5.74. The molecule has 0 aromatic heterocycles. The second kappa shape index (κ2) is 4.98. The van der Waals surface area contributed by atoms with E-state index in [2.05, 4.69) is 34.9 Å². The van der Waals surface area contributed by atoms with Gasteiger partial charge in [0.15, 0.2) is 0 Å². The predicted octanol–water partition coefficient (Wildman–Crippen LogP) is 1.96. The number of amides is 2. The summed E-state index contributed by atoms with van der Waals surface area (Å²) in [5.41, 5.74) is 3.32. The highest BCUT2D eigenvalue weighted by Crippen LogP contribution is 2.61. The van der Waals surface area contributed by atoms with Crippen molar-refractivity contribution in [2.75, 3.05) is 19.7 Å². The zero-order valence-electron chi connectivity index (χ0n) is 12.9. The van der Waals surface area contributed by atoms with Gasteiger partial charge in [0.05, 0.1) is 6.61 Å². The molecule has 0 bridgehead atoms. The molecule has 0 unspecified atom stereocenters. The first-order chi connectivity index (χ1) is 10.7. The molecule has 3 aliphatic rings. The fourth-order valence-electron chi connectivity index (χ4n) is 4.11. The standard InChI is InChI=1S/C18H24N2O2/c21-12-17(7-8-17)11-20-16(22)19-10-14-9-18(14)6-5-13-3-1-2-4-15(13)18/h1-4,14,21H,5-12H2,(H2,19,20,22)/t14-,18+/m1/s1. The van der Waals surface area contributed by atoms with Crippen molar-refractivity contribution in [3.8, 4) is 0 Å². The Bertz CT molecular complexity index is 597. The molecule has 1 spiro atoms. The van der Waals surface area contributed by atoms with Crippen molar-refractivity contribution in [3.63, 3.8) is 0 Å². The number of fused-ring (bicyclic) bond motifs is 2. The molecule has 4 rings (SSSR count). The van der Waals surface area contributed by atoms with Gasteiger partial charge in [-0.3, -0.25) is 0 Å². The molecular formula is C18H24N2O2. The monoisotopic (exact) mass is 300 g/mol. The van der Waals surface area contributed by atoms with Gasteiger partial charge >= 0.3 is 6.03 Å². The maximum absolute atomic E-state index is 11.9. The molecule has 0 heterocycles. The van der Waals surface area contributed by atoms with Crippen LogP contribution in [0.2, 0.25) is 0 Å². The number of nitrogens with one attached hydrogen (secondary N) is 2. The van der Waals surface area contributed by atoms with Crippen molar-refractivity contribution < 1.29 is 9.90 Å². The number of benzene rings is 1. The summed E-state index contributed by atoms with van der Waals surface area (Å²) in [6.45, 7) is 1.52. The molecule has 4 heteroatoms. The van der Waals surface area contributed by atoms with Crippen LogP contribution in [0, 0.1) is 11.3 Å². The molecule has 3 N–H and O–H groups in total. The van der Waals surface area contributed by atoms with E-state index in [1.54, 1.807) is 0 Å². The molecule has 1 aromatic carbocycles. The average Bonchev–Trinajstić information content (AvgIpc) is 3.43. The summed E-state index contributed by atoms with van der Waals surface area (Å²) in [5, 5.41) is 15.2. The normalized spacial score (nSPS) is 30.0. The van der Waals surface area contributed by atoms with E-state index in [1.165, 1.54) is 30.4 Å². The lowest BCUT2D eigenvalue weighted by atomic mass is 9.95. The Kier molecular flexibility index (Phi) is 3.19. The summed E-state index contributed by atoms with van der Waals surface area (Å²) in [6, 6.07) is 8.67. The van der Waals surface area contributed by atoms with Gasteiger partial charge in [0.2, 0.25) is 0 Å². The van der Waals surface area contributed by atoms with Crippen molar-refractivity contribution in [1.29, 1.82) is 0 Å². The van der Waals surface area contributed by atoms with Gasteiger partial charge in [-0.05, 0) is 49.1 Å². The van der Waals surface area contributed by atoms with Crippen molar-refractivity contribution in [2.24, 2.45) is 11.3 Å². The molecule has 4 nitrogen and oxygen atoms in total. The highest BCUT2D eigenvalue weighted by atomic mass is 16.3. The number of urea groups is 1. The zero-order valence-corrected chi connectivity index (χ0v) is 12.9. The molecule has 0 saturated heterocycles. The lowest BCUT2D eigenvalue weighted by Crippen LogP contribution is -2.40. The van der Waals surface area contributed by atoms with Crippen molar-refractivity contribution in [3.05, 3.63) is 35.4 Å². The first kappa shape index (κ1) is 14.1. The highest BCUT2D eigenvalue weighted by Gasteiger charge is 2.57. The molecule has 2 atom stereocenters. The summed E-state index contributed by atoms with van der Waals surface area (Å²) < 4.78 is 0. The topological polar surface area (TPSA) is 61.4 Å². The Morgan fingerprint density at radius 1 is 1.23 bits per heavy atom. The fraction of sp³-hybridized carbons (Fsp3) is 0.611. The van der Waals surface area contributed by atoms with Crippen LogP contribution in [0.15, 0.2) is 24.3 Å². The first-order valence-corrected chi connectivity index (χ1v) is 8.38. The van der Waals surface area contributed by atoms with Crippen molar-refractivity contribution >= 4 is 6.03 Å². The summed E-state index contributed by atoms with van der Waals surface area (Å²) in [5.74, 6) is 0.578.